The fourth-order valence-corrected chi connectivity index (χ4v) is 2.29. The van der Waals surface area contributed by atoms with Gasteiger partial charge in [-0.05, 0) is 38.4 Å². The molecule has 1 aliphatic rings. The Hall–Kier alpha value is -1.49. The standard InChI is InChI=1S/C12H20N4O/c1-12(2,4-5-13)16-8-10(15-11(16)17)9-3-6-14-7-9/h3,6-7,10,14H,4-5,8,13H2,1-2H3,(H,15,17). The van der Waals surface area contributed by atoms with Crippen molar-refractivity contribution in [2.45, 2.75) is 31.8 Å². The van der Waals surface area contributed by atoms with Gasteiger partial charge in [-0.3, -0.25) is 0 Å². The Bertz CT molecular complexity index is 385. The fraction of sp³-hybridized carbons (Fsp3) is 0.583. The molecule has 1 aromatic rings. The van der Waals surface area contributed by atoms with Crippen LogP contribution >= 0.6 is 0 Å². The van der Waals surface area contributed by atoms with E-state index in [0.29, 0.717) is 13.1 Å². The molecule has 0 saturated carbocycles. The van der Waals surface area contributed by atoms with Gasteiger partial charge in [0.1, 0.15) is 0 Å². The number of nitrogens with zero attached hydrogens (tertiary/aromatic N) is 1. The van der Waals surface area contributed by atoms with Crippen molar-refractivity contribution < 1.29 is 4.79 Å². The molecule has 1 saturated heterocycles. The van der Waals surface area contributed by atoms with Crippen molar-refractivity contribution >= 4 is 6.03 Å². The lowest BCUT2D eigenvalue weighted by molar-refractivity contribution is 0.153. The maximum Gasteiger partial charge on any atom is 0.318 e. The third-order valence-corrected chi connectivity index (χ3v) is 3.42. The maximum atomic E-state index is 12.0. The van der Waals surface area contributed by atoms with Crippen molar-refractivity contribution in [2.75, 3.05) is 13.1 Å². The van der Waals surface area contributed by atoms with Crippen molar-refractivity contribution in [3.8, 4) is 0 Å². The molecule has 1 fully saturated rings. The van der Waals surface area contributed by atoms with E-state index in [1.807, 2.05) is 23.4 Å². The Labute approximate surface area is 101 Å². The smallest absolute Gasteiger partial charge is 0.318 e. The number of rotatable bonds is 4. The van der Waals surface area contributed by atoms with Crippen molar-refractivity contribution in [3.05, 3.63) is 24.0 Å². The van der Waals surface area contributed by atoms with E-state index in [0.717, 1.165) is 12.0 Å². The number of aromatic nitrogens is 1. The second kappa shape index (κ2) is 4.41. The van der Waals surface area contributed by atoms with Crippen LogP contribution in [0.4, 0.5) is 4.79 Å². The highest BCUT2D eigenvalue weighted by Crippen LogP contribution is 2.27. The van der Waals surface area contributed by atoms with E-state index in [2.05, 4.69) is 24.1 Å². The number of nitrogens with one attached hydrogen (secondary N) is 2. The molecule has 1 aliphatic heterocycles. The van der Waals surface area contributed by atoms with Gasteiger partial charge >= 0.3 is 6.03 Å². The van der Waals surface area contributed by atoms with Gasteiger partial charge in [0.2, 0.25) is 0 Å². The molecule has 0 radical (unpaired) electrons. The van der Waals surface area contributed by atoms with E-state index < -0.39 is 0 Å². The highest BCUT2D eigenvalue weighted by Gasteiger charge is 2.38. The molecule has 0 aromatic carbocycles. The summed E-state index contributed by atoms with van der Waals surface area (Å²) in [5, 5.41) is 3.00. The average molecular weight is 236 g/mol. The van der Waals surface area contributed by atoms with Gasteiger partial charge < -0.3 is 20.9 Å². The van der Waals surface area contributed by atoms with E-state index in [-0.39, 0.29) is 17.6 Å². The molecule has 1 aromatic heterocycles. The minimum atomic E-state index is -0.191. The van der Waals surface area contributed by atoms with Gasteiger partial charge in [-0.15, -0.1) is 0 Å². The van der Waals surface area contributed by atoms with Crippen molar-refractivity contribution in [1.29, 1.82) is 0 Å². The molecule has 0 bridgehead atoms. The molecule has 4 N–H and O–H groups in total. The van der Waals surface area contributed by atoms with Crippen LogP contribution in [0.3, 0.4) is 0 Å². The number of carbonyl (C=O) groups excluding carboxylic acids is 1. The molecular formula is C12H20N4O. The predicted octanol–water partition coefficient (Wildman–Crippen LogP) is 1.21. The minimum Gasteiger partial charge on any atom is -0.367 e. The van der Waals surface area contributed by atoms with Gasteiger partial charge in [-0.1, -0.05) is 0 Å². The lowest BCUT2D eigenvalue weighted by atomic mass is 9.98. The third kappa shape index (κ3) is 2.29. The monoisotopic (exact) mass is 236 g/mol. The second-order valence-electron chi connectivity index (χ2n) is 5.11. The van der Waals surface area contributed by atoms with Crippen LogP contribution in [0.5, 0.6) is 0 Å². The molecule has 94 valence electrons. The summed E-state index contributed by atoms with van der Waals surface area (Å²) in [6.45, 7) is 5.40. The van der Waals surface area contributed by atoms with Crippen LogP contribution < -0.4 is 11.1 Å². The van der Waals surface area contributed by atoms with Crippen LogP contribution in [0, 0.1) is 0 Å². The van der Waals surface area contributed by atoms with Gasteiger partial charge in [-0.25, -0.2) is 4.79 Å². The Morgan fingerprint density at radius 3 is 2.94 bits per heavy atom. The fourth-order valence-electron chi connectivity index (χ4n) is 2.29. The Kier molecular flexibility index (Phi) is 3.11. The number of H-pyrrole nitrogens is 1. The summed E-state index contributed by atoms with van der Waals surface area (Å²) in [5.74, 6) is 0. The second-order valence-corrected chi connectivity index (χ2v) is 5.11. The van der Waals surface area contributed by atoms with E-state index in [1.165, 1.54) is 0 Å². The summed E-state index contributed by atoms with van der Waals surface area (Å²) in [5.41, 5.74) is 6.52. The summed E-state index contributed by atoms with van der Waals surface area (Å²) in [4.78, 5) is 16.8. The lowest BCUT2D eigenvalue weighted by Crippen LogP contribution is -2.46. The number of nitrogens with two attached hydrogens (primary N) is 1. The first-order valence-corrected chi connectivity index (χ1v) is 5.95. The van der Waals surface area contributed by atoms with E-state index in [4.69, 9.17) is 5.73 Å². The van der Waals surface area contributed by atoms with Gasteiger partial charge in [-0.2, -0.15) is 0 Å². The van der Waals surface area contributed by atoms with E-state index >= 15 is 0 Å². The molecule has 17 heavy (non-hydrogen) atoms. The highest BCUT2D eigenvalue weighted by atomic mass is 16.2. The predicted molar refractivity (Wildman–Crippen MR) is 66.5 cm³/mol. The highest BCUT2D eigenvalue weighted by molar-refractivity contribution is 5.78. The summed E-state index contributed by atoms with van der Waals surface area (Å²) in [7, 11) is 0. The van der Waals surface area contributed by atoms with Crippen LogP contribution in [0.15, 0.2) is 18.5 Å². The summed E-state index contributed by atoms with van der Waals surface area (Å²) in [6.07, 6.45) is 4.60. The Morgan fingerprint density at radius 2 is 2.35 bits per heavy atom. The quantitative estimate of drug-likeness (QED) is 0.735. The van der Waals surface area contributed by atoms with Gasteiger partial charge in [0.25, 0.3) is 0 Å². The topological polar surface area (TPSA) is 74.2 Å². The van der Waals surface area contributed by atoms with Gasteiger partial charge in [0, 0.05) is 24.5 Å². The van der Waals surface area contributed by atoms with Crippen LogP contribution in [-0.4, -0.2) is 34.5 Å². The van der Waals surface area contributed by atoms with Crippen LogP contribution in [0.1, 0.15) is 31.9 Å². The van der Waals surface area contributed by atoms with Crippen LogP contribution in [0.25, 0.3) is 0 Å². The Balaban J connectivity index is 2.10. The number of amides is 2. The summed E-state index contributed by atoms with van der Waals surface area (Å²) >= 11 is 0. The van der Waals surface area contributed by atoms with Crippen LogP contribution in [0.2, 0.25) is 0 Å². The lowest BCUT2D eigenvalue weighted by Gasteiger charge is -2.34. The SMILES string of the molecule is CC(C)(CCN)N1CC(c2cc[nH]c2)NC1=O. The van der Waals surface area contributed by atoms with Gasteiger partial charge in [0.15, 0.2) is 0 Å². The molecule has 1 atom stereocenters. The summed E-state index contributed by atoms with van der Waals surface area (Å²) < 4.78 is 0. The zero-order valence-electron chi connectivity index (χ0n) is 10.4. The number of aromatic amines is 1. The van der Waals surface area contributed by atoms with E-state index in [9.17, 15) is 4.79 Å². The Morgan fingerprint density at radius 1 is 1.59 bits per heavy atom. The molecule has 2 rings (SSSR count). The first kappa shape index (κ1) is 12.0. The summed E-state index contributed by atoms with van der Waals surface area (Å²) in [6, 6.07) is 2.06. The van der Waals surface area contributed by atoms with Crippen molar-refractivity contribution in [1.82, 2.24) is 15.2 Å². The first-order chi connectivity index (χ1) is 8.04. The van der Waals surface area contributed by atoms with Crippen molar-refractivity contribution in [3.63, 3.8) is 0 Å². The third-order valence-electron chi connectivity index (χ3n) is 3.42. The largest absolute Gasteiger partial charge is 0.367 e. The molecule has 2 amide bonds. The number of hydrogen-bond donors (Lipinski definition) is 3. The van der Waals surface area contributed by atoms with Gasteiger partial charge in [0.05, 0.1) is 6.04 Å². The normalized spacial score (nSPS) is 20.8. The zero-order chi connectivity index (χ0) is 12.5. The molecule has 2 heterocycles. The van der Waals surface area contributed by atoms with E-state index in [1.54, 1.807) is 0 Å². The number of hydrogen-bond acceptors (Lipinski definition) is 2. The molecule has 0 aliphatic carbocycles. The first-order valence-electron chi connectivity index (χ1n) is 5.95. The number of urea groups is 1. The molecule has 5 nitrogen and oxygen atoms in total. The molecular weight excluding hydrogens is 216 g/mol. The van der Waals surface area contributed by atoms with Crippen molar-refractivity contribution in [2.24, 2.45) is 5.73 Å². The maximum absolute atomic E-state index is 12.0. The average Bonchev–Trinajstić information content (AvgIpc) is 2.85. The van der Waals surface area contributed by atoms with Crippen LogP contribution in [-0.2, 0) is 0 Å². The minimum absolute atomic E-state index is 0.00495. The molecule has 5 heteroatoms. The molecule has 1 unspecified atom stereocenters. The zero-order valence-corrected chi connectivity index (χ0v) is 10.4. The number of carbonyl (C=O) groups is 1. The molecule has 0 spiro atoms.